The van der Waals surface area contributed by atoms with Gasteiger partial charge in [-0.3, -0.25) is 9.78 Å². The molecule has 0 unspecified atom stereocenters. The molecule has 6 heteroatoms. The van der Waals surface area contributed by atoms with Crippen LogP contribution in [0.25, 0.3) is 10.9 Å². The molecule has 1 aromatic heterocycles. The second-order valence-corrected chi connectivity index (χ2v) is 7.12. The number of carbonyl (C=O) groups excluding carboxylic acids is 1. The van der Waals surface area contributed by atoms with E-state index >= 15 is 0 Å². The second kappa shape index (κ2) is 6.93. The van der Waals surface area contributed by atoms with Gasteiger partial charge in [0.05, 0.1) is 17.1 Å². The Balaban J connectivity index is 1.72. The summed E-state index contributed by atoms with van der Waals surface area (Å²) in [5.74, 6) is -0.175. The highest BCUT2D eigenvalue weighted by Crippen LogP contribution is 2.38. The highest BCUT2D eigenvalue weighted by Gasteiger charge is 2.38. The molecule has 4 rings (SSSR count). The van der Waals surface area contributed by atoms with Gasteiger partial charge in [-0.15, -0.1) is 0 Å². The average Bonchev–Trinajstić information content (AvgIpc) is 3.52. The number of aromatic nitrogens is 1. The summed E-state index contributed by atoms with van der Waals surface area (Å²) in [4.78, 5) is 19.4. The molecule has 3 aromatic rings. The number of pyridine rings is 1. The largest absolute Gasteiger partial charge is 0.416 e. The number of fused-ring (bicyclic) bond motifs is 1. The average molecular weight is 384 g/mol. The van der Waals surface area contributed by atoms with Crippen molar-refractivity contribution in [2.75, 3.05) is 0 Å². The van der Waals surface area contributed by atoms with Crippen molar-refractivity contribution in [2.45, 2.75) is 38.0 Å². The highest BCUT2D eigenvalue weighted by molar-refractivity contribution is 6.06. The number of hydrogen-bond acceptors (Lipinski definition) is 2. The van der Waals surface area contributed by atoms with Gasteiger partial charge in [-0.05, 0) is 55.7 Å². The Morgan fingerprint density at radius 3 is 2.57 bits per heavy atom. The predicted molar refractivity (Wildman–Crippen MR) is 101 cm³/mol. The number of benzene rings is 2. The molecule has 1 amide bonds. The van der Waals surface area contributed by atoms with Gasteiger partial charge in [0.2, 0.25) is 0 Å². The molecule has 2 aromatic carbocycles. The summed E-state index contributed by atoms with van der Waals surface area (Å²) >= 11 is 0. The topological polar surface area (TPSA) is 33.2 Å². The molecule has 0 N–H and O–H groups in total. The van der Waals surface area contributed by atoms with E-state index in [0.29, 0.717) is 11.1 Å². The molecule has 1 atom stereocenters. The van der Waals surface area contributed by atoms with Crippen molar-refractivity contribution in [3.8, 4) is 0 Å². The predicted octanol–water partition coefficient (Wildman–Crippen LogP) is 5.62. The standard InChI is InChI=1S/C22H19F3N2O/c1-14(15-5-2-6-16(13-15)22(23,24)25)27(17-10-11-17)21(28)19-7-3-9-20-18(19)8-4-12-26-20/h2-9,12-14,17H,10-11H2,1H3/t14-/m1/s1. The first kappa shape index (κ1) is 18.5. The molecule has 0 spiro atoms. The maximum Gasteiger partial charge on any atom is 0.416 e. The normalized spacial score (nSPS) is 15.4. The summed E-state index contributed by atoms with van der Waals surface area (Å²) < 4.78 is 39.3. The Bertz CT molecular complexity index is 1020. The Morgan fingerprint density at radius 1 is 1.11 bits per heavy atom. The molecule has 0 aliphatic heterocycles. The zero-order valence-electron chi connectivity index (χ0n) is 15.3. The lowest BCUT2D eigenvalue weighted by atomic mass is 10.0. The molecule has 1 heterocycles. The molecule has 28 heavy (non-hydrogen) atoms. The molecule has 3 nitrogen and oxygen atoms in total. The van der Waals surface area contributed by atoms with Crippen molar-refractivity contribution < 1.29 is 18.0 Å². The second-order valence-electron chi connectivity index (χ2n) is 7.12. The molecule has 1 saturated carbocycles. The summed E-state index contributed by atoms with van der Waals surface area (Å²) in [6.07, 6.45) is -1.03. The molecule has 0 saturated heterocycles. The zero-order valence-corrected chi connectivity index (χ0v) is 15.3. The van der Waals surface area contributed by atoms with Crippen molar-refractivity contribution in [2.24, 2.45) is 0 Å². The van der Waals surface area contributed by atoms with Crippen LogP contribution < -0.4 is 0 Å². The monoisotopic (exact) mass is 384 g/mol. The third-order valence-corrected chi connectivity index (χ3v) is 5.16. The fourth-order valence-electron chi connectivity index (χ4n) is 3.58. The van der Waals surface area contributed by atoms with E-state index in [1.54, 1.807) is 42.3 Å². The summed E-state index contributed by atoms with van der Waals surface area (Å²) in [6, 6.07) is 13.8. The summed E-state index contributed by atoms with van der Waals surface area (Å²) in [5, 5.41) is 0.747. The lowest BCUT2D eigenvalue weighted by Crippen LogP contribution is -2.35. The van der Waals surface area contributed by atoms with E-state index in [0.717, 1.165) is 35.9 Å². The van der Waals surface area contributed by atoms with Gasteiger partial charge < -0.3 is 4.90 Å². The van der Waals surface area contributed by atoms with Crippen LogP contribution in [0.5, 0.6) is 0 Å². The lowest BCUT2D eigenvalue weighted by Gasteiger charge is -2.30. The van der Waals surface area contributed by atoms with Crippen LogP contribution in [-0.2, 0) is 6.18 Å². The van der Waals surface area contributed by atoms with Crippen LogP contribution in [0, 0.1) is 0 Å². The van der Waals surface area contributed by atoms with Crippen LogP contribution in [0.1, 0.15) is 47.3 Å². The van der Waals surface area contributed by atoms with E-state index in [1.165, 1.54) is 6.07 Å². The minimum atomic E-state index is -4.41. The van der Waals surface area contributed by atoms with Crippen molar-refractivity contribution in [1.82, 2.24) is 9.88 Å². The Hall–Kier alpha value is -2.89. The molecule has 0 radical (unpaired) electrons. The Kier molecular flexibility index (Phi) is 4.57. The van der Waals surface area contributed by atoms with E-state index in [4.69, 9.17) is 0 Å². The van der Waals surface area contributed by atoms with Crippen LogP contribution >= 0.6 is 0 Å². The van der Waals surface area contributed by atoms with E-state index in [-0.39, 0.29) is 11.9 Å². The van der Waals surface area contributed by atoms with Gasteiger partial charge in [0.15, 0.2) is 0 Å². The van der Waals surface area contributed by atoms with Crippen molar-refractivity contribution in [1.29, 1.82) is 0 Å². The lowest BCUT2D eigenvalue weighted by molar-refractivity contribution is -0.137. The SMILES string of the molecule is C[C@H](c1cccc(C(F)(F)F)c1)N(C(=O)c1cccc2ncccc12)C1CC1. The van der Waals surface area contributed by atoms with E-state index in [2.05, 4.69) is 4.98 Å². The first-order chi connectivity index (χ1) is 13.4. The van der Waals surface area contributed by atoms with Crippen molar-refractivity contribution >= 4 is 16.8 Å². The summed E-state index contributed by atoms with van der Waals surface area (Å²) in [5.41, 5.74) is 1.02. The van der Waals surface area contributed by atoms with E-state index in [1.807, 2.05) is 12.1 Å². The molecule has 144 valence electrons. The quantitative estimate of drug-likeness (QED) is 0.585. The van der Waals surface area contributed by atoms with Gasteiger partial charge in [-0.1, -0.05) is 24.3 Å². The van der Waals surface area contributed by atoms with Crippen LogP contribution in [0.4, 0.5) is 13.2 Å². The first-order valence-electron chi connectivity index (χ1n) is 9.20. The highest BCUT2D eigenvalue weighted by atomic mass is 19.4. The number of halogens is 3. The first-order valence-corrected chi connectivity index (χ1v) is 9.20. The minimum absolute atomic E-state index is 0.0453. The maximum absolute atomic E-state index is 13.4. The number of amides is 1. The fraction of sp³-hybridized carbons (Fsp3) is 0.273. The number of alkyl halides is 3. The van der Waals surface area contributed by atoms with Gasteiger partial charge in [-0.25, -0.2) is 0 Å². The van der Waals surface area contributed by atoms with Crippen LogP contribution in [0.2, 0.25) is 0 Å². The Labute approximate surface area is 160 Å². The van der Waals surface area contributed by atoms with E-state index < -0.39 is 17.8 Å². The molecule has 1 aliphatic rings. The Morgan fingerprint density at radius 2 is 1.86 bits per heavy atom. The molecule has 1 fully saturated rings. The number of rotatable bonds is 4. The van der Waals surface area contributed by atoms with Crippen molar-refractivity contribution in [3.63, 3.8) is 0 Å². The van der Waals surface area contributed by atoms with Crippen LogP contribution in [0.15, 0.2) is 60.8 Å². The smallest absolute Gasteiger partial charge is 0.329 e. The van der Waals surface area contributed by atoms with Crippen molar-refractivity contribution in [3.05, 3.63) is 77.5 Å². The summed E-state index contributed by atoms with van der Waals surface area (Å²) in [6.45, 7) is 1.79. The van der Waals surface area contributed by atoms with Gasteiger partial charge in [0, 0.05) is 23.2 Å². The van der Waals surface area contributed by atoms with Gasteiger partial charge >= 0.3 is 6.18 Å². The number of nitrogens with zero attached hydrogens (tertiary/aromatic N) is 2. The number of carbonyl (C=O) groups is 1. The molecule has 0 bridgehead atoms. The third kappa shape index (κ3) is 3.46. The maximum atomic E-state index is 13.4. The molecular formula is C22H19F3N2O. The zero-order chi connectivity index (χ0) is 19.9. The third-order valence-electron chi connectivity index (χ3n) is 5.16. The van der Waals surface area contributed by atoms with Gasteiger partial charge in [0.25, 0.3) is 5.91 Å². The van der Waals surface area contributed by atoms with E-state index in [9.17, 15) is 18.0 Å². The van der Waals surface area contributed by atoms with Crippen LogP contribution in [0.3, 0.4) is 0 Å². The van der Waals surface area contributed by atoms with Gasteiger partial charge in [0.1, 0.15) is 0 Å². The number of hydrogen-bond donors (Lipinski definition) is 0. The minimum Gasteiger partial charge on any atom is -0.329 e. The van der Waals surface area contributed by atoms with Gasteiger partial charge in [-0.2, -0.15) is 13.2 Å². The fourth-order valence-corrected chi connectivity index (χ4v) is 3.58. The summed E-state index contributed by atoms with van der Waals surface area (Å²) in [7, 11) is 0. The van der Waals surface area contributed by atoms with Crippen LogP contribution in [-0.4, -0.2) is 21.8 Å². The molecule has 1 aliphatic carbocycles. The molecular weight excluding hydrogens is 365 g/mol.